The van der Waals surface area contributed by atoms with Gasteiger partial charge in [0.2, 0.25) is 0 Å². The van der Waals surface area contributed by atoms with Gasteiger partial charge in [-0.3, -0.25) is 15.2 Å². The summed E-state index contributed by atoms with van der Waals surface area (Å²) in [7, 11) is 2.99. The molecule has 156 valence electrons. The Morgan fingerprint density at radius 2 is 1.87 bits per heavy atom. The second-order valence-corrected chi connectivity index (χ2v) is 6.50. The van der Waals surface area contributed by atoms with Crippen LogP contribution in [0.1, 0.15) is 10.4 Å². The van der Waals surface area contributed by atoms with Gasteiger partial charge in [0.05, 0.1) is 41.5 Å². The first-order valence-corrected chi connectivity index (χ1v) is 9.03. The number of aromatic carboxylic acids is 1. The molecule has 10 nitrogen and oxygen atoms in total. The van der Waals surface area contributed by atoms with Crippen molar-refractivity contribution in [2.45, 2.75) is 0 Å². The standard InChI is InChI=1S/C21H16N4O6/c1-30-16-5-3-4-13(19(16)31-2)15-10-14(21(26)27)17-18(23-24-20(17)22-15)11-6-8-12(9-7-11)25(28)29/h3-10H,1-2H3,(H,26,27)(H,22,23,24). The van der Waals surface area contributed by atoms with Crippen LogP contribution in [0, 0.1) is 10.1 Å². The van der Waals surface area contributed by atoms with Gasteiger partial charge in [-0.15, -0.1) is 0 Å². The summed E-state index contributed by atoms with van der Waals surface area (Å²) in [5.41, 5.74) is 1.94. The fourth-order valence-electron chi connectivity index (χ4n) is 3.38. The van der Waals surface area contributed by atoms with Crippen LogP contribution in [0.3, 0.4) is 0 Å². The smallest absolute Gasteiger partial charge is 0.336 e. The van der Waals surface area contributed by atoms with Crippen LogP contribution in [0.5, 0.6) is 11.5 Å². The summed E-state index contributed by atoms with van der Waals surface area (Å²) in [6.45, 7) is 0. The van der Waals surface area contributed by atoms with Crippen molar-refractivity contribution >= 4 is 22.7 Å². The van der Waals surface area contributed by atoms with E-state index in [-0.39, 0.29) is 16.9 Å². The number of benzene rings is 2. The van der Waals surface area contributed by atoms with E-state index in [1.165, 1.54) is 44.6 Å². The van der Waals surface area contributed by atoms with Crippen LogP contribution in [0.25, 0.3) is 33.5 Å². The van der Waals surface area contributed by atoms with Crippen molar-refractivity contribution in [1.29, 1.82) is 0 Å². The average Bonchev–Trinajstić information content (AvgIpc) is 3.21. The first kappa shape index (κ1) is 19.8. The molecular weight excluding hydrogens is 404 g/mol. The quantitative estimate of drug-likeness (QED) is 0.353. The van der Waals surface area contributed by atoms with Crippen molar-refractivity contribution in [3.8, 4) is 34.0 Å². The van der Waals surface area contributed by atoms with Gasteiger partial charge in [0.25, 0.3) is 5.69 Å². The second kappa shape index (κ2) is 7.75. The lowest BCUT2D eigenvalue weighted by molar-refractivity contribution is -0.384. The molecular formula is C21H16N4O6. The summed E-state index contributed by atoms with van der Waals surface area (Å²) >= 11 is 0. The Morgan fingerprint density at radius 1 is 1.13 bits per heavy atom. The molecule has 2 aromatic heterocycles. The van der Waals surface area contributed by atoms with Crippen LogP contribution in [-0.2, 0) is 0 Å². The lowest BCUT2D eigenvalue weighted by Gasteiger charge is -2.12. The number of non-ortho nitro benzene ring substituents is 1. The number of carboxylic acid groups (broad SMARTS) is 1. The zero-order chi connectivity index (χ0) is 22.1. The van der Waals surface area contributed by atoms with E-state index in [1.807, 2.05) is 0 Å². The number of ether oxygens (including phenoxy) is 2. The third-order valence-electron chi connectivity index (χ3n) is 4.80. The number of pyridine rings is 1. The molecule has 0 fully saturated rings. The number of carbonyl (C=O) groups is 1. The number of carboxylic acids is 1. The van der Waals surface area contributed by atoms with Gasteiger partial charge in [0.1, 0.15) is 0 Å². The summed E-state index contributed by atoms with van der Waals surface area (Å²) in [6.07, 6.45) is 0. The van der Waals surface area contributed by atoms with Gasteiger partial charge in [-0.2, -0.15) is 5.10 Å². The number of fused-ring (bicyclic) bond motifs is 1. The van der Waals surface area contributed by atoms with E-state index in [0.29, 0.717) is 39.4 Å². The van der Waals surface area contributed by atoms with Gasteiger partial charge < -0.3 is 14.6 Å². The van der Waals surface area contributed by atoms with Crippen LogP contribution in [-0.4, -0.2) is 45.4 Å². The molecule has 0 saturated heterocycles. The van der Waals surface area contributed by atoms with Crippen LogP contribution in [0.2, 0.25) is 0 Å². The molecule has 2 heterocycles. The Balaban J connectivity index is 1.93. The molecule has 31 heavy (non-hydrogen) atoms. The molecule has 2 aromatic carbocycles. The molecule has 4 aromatic rings. The molecule has 0 unspecified atom stereocenters. The molecule has 2 N–H and O–H groups in total. The number of nitro benzene ring substituents is 1. The van der Waals surface area contributed by atoms with Crippen LogP contribution in [0.15, 0.2) is 48.5 Å². The summed E-state index contributed by atoms with van der Waals surface area (Å²) in [4.78, 5) is 27.0. The second-order valence-electron chi connectivity index (χ2n) is 6.50. The largest absolute Gasteiger partial charge is 0.493 e. The minimum atomic E-state index is -1.17. The molecule has 0 aliphatic carbocycles. The minimum absolute atomic E-state index is 0.0213. The van der Waals surface area contributed by atoms with Gasteiger partial charge in [-0.1, -0.05) is 6.07 Å². The summed E-state index contributed by atoms with van der Waals surface area (Å²) in [5, 5.41) is 28.1. The number of nitrogens with zero attached hydrogens (tertiary/aromatic N) is 3. The number of nitrogens with one attached hydrogen (secondary N) is 1. The monoisotopic (exact) mass is 420 g/mol. The minimum Gasteiger partial charge on any atom is -0.493 e. The van der Waals surface area contributed by atoms with Gasteiger partial charge >= 0.3 is 5.97 Å². The summed E-state index contributed by atoms with van der Waals surface area (Å²) in [6, 6.07) is 12.4. The van der Waals surface area contributed by atoms with E-state index in [0.717, 1.165) is 0 Å². The van der Waals surface area contributed by atoms with Crippen molar-refractivity contribution in [3.63, 3.8) is 0 Å². The van der Waals surface area contributed by atoms with Gasteiger partial charge in [-0.05, 0) is 30.3 Å². The fraction of sp³-hybridized carbons (Fsp3) is 0.0952. The lowest BCUT2D eigenvalue weighted by atomic mass is 10.0. The molecule has 0 atom stereocenters. The third kappa shape index (κ3) is 3.39. The third-order valence-corrected chi connectivity index (χ3v) is 4.80. The van der Waals surface area contributed by atoms with Crippen LogP contribution >= 0.6 is 0 Å². The average molecular weight is 420 g/mol. The summed E-state index contributed by atoms with van der Waals surface area (Å²) in [5.74, 6) is -0.272. The lowest BCUT2D eigenvalue weighted by Crippen LogP contribution is -2.01. The van der Waals surface area contributed by atoms with E-state index < -0.39 is 10.9 Å². The van der Waals surface area contributed by atoms with E-state index in [1.54, 1.807) is 18.2 Å². The number of methoxy groups -OCH3 is 2. The van der Waals surface area contributed by atoms with Crippen molar-refractivity contribution in [2.24, 2.45) is 0 Å². The Hall–Kier alpha value is -4.47. The first-order chi connectivity index (χ1) is 14.9. The Kier molecular flexibility index (Phi) is 4.96. The molecule has 0 spiro atoms. The number of rotatable bonds is 6. The van der Waals surface area contributed by atoms with E-state index in [4.69, 9.17) is 9.47 Å². The predicted octanol–water partition coefficient (Wildman–Crippen LogP) is 3.92. The normalized spacial score (nSPS) is 10.8. The first-order valence-electron chi connectivity index (χ1n) is 9.03. The SMILES string of the molecule is COc1cccc(-c2cc(C(=O)O)c3c(-c4ccc([N+](=O)[O-])cc4)[nH]nc3n2)c1OC. The van der Waals surface area contributed by atoms with Crippen molar-refractivity contribution in [2.75, 3.05) is 14.2 Å². The highest BCUT2D eigenvalue weighted by Crippen LogP contribution is 2.39. The highest BCUT2D eigenvalue weighted by atomic mass is 16.6. The van der Waals surface area contributed by atoms with Crippen molar-refractivity contribution < 1.29 is 24.3 Å². The van der Waals surface area contributed by atoms with Crippen LogP contribution < -0.4 is 9.47 Å². The molecule has 0 amide bonds. The number of para-hydroxylation sites is 1. The molecule has 0 aliphatic heterocycles. The summed E-state index contributed by atoms with van der Waals surface area (Å²) < 4.78 is 10.8. The van der Waals surface area contributed by atoms with E-state index in [9.17, 15) is 20.0 Å². The van der Waals surface area contributed by atoms with Gasteiger partial charge in [0, 0.05) is 23.3 Å². The maximum absolute atomic E-state index is 12.1. The number of hydrogen-bond donors (Lipinski definition) is 2. The number of nitro groups is 1. The molecule has 10 heteroatoms. The Labute approximate surface area is 175 Å². The van der Waals surface area contributed by atoms with Crippen molar-refractivity contribution in [1.82, 2.24) is 15.2 Å². The topological polar surface area (TPSA) is 140 Å². The zero-order valence-corrected chi connectivity index (χ0v) is 16.4. The number of aromatic nitrogens is 3. The molecule has 0 saturated carbocycles. The fourth-order valence-corrected chi connectivity index (χ4v) is 3.38. The highest BCUT2D eigenvalue weighted by molar-refractivity contribution is 6.08. The number of aromatic amines is 1. The Morgan fingerprint density at radius 3 is 2.48 bits per heavy atom. The maximum Gasteiger partial charge on any atom is 0.336 e. The predicted molar refractivity (Wildman–Crippen MR) is 111 cm³/mol. The molecule has 0 radical (unpaired) electrons. The zero-order valence-electron chi connectivity index (χ0n) is 16.4. The van der Waals surface area contributed by atoms with Crippen LogP contribution in [0.4, 0.5) is 5.69 Å². The van der Waals surface area contributed by atoms with E-state index in [2.05, 4.69) is 15.2 Å². The van der Waals surface area contributed by atoms with Gasteiger partial charge in [-0.25, -0.2) is 9.78 Å². The maximum atomic E-state index is 12.1. The Bertz CT molecular complexity index is 1310. The molecule has 4 rings (SSSR count). The number of hydrogen-bond acceptors (Lipinski definition) is 7. The molecule has 0 bridgehead atoms. The highest BCUT2D eigenvalue weighted by Gasteiger charge is 2.22. The van der Waals surface area contributed by atoms with E-state index >= 15 is 0 Å². The number of H-pyrrole nitrogens is 1. The molecule has 0 aliphatic rings. The van der Waals surface area contributed by atoms with Crippen molar-refractivity contribution in [3.05, 3.63) is 64.2 Å². The van der Waals surface area contributed by atoms with Gasteiger partial charge in [0.15, 0.2) is 17.1 Å².